The minimum absolute atomic E-state index is 1.09. The third-order valence-corrected chi connectivity index (χ3v) is 11.3. The lowest BCUT2D eigenvalue weighted by Crippen LogP contribution is -2.09. The predicted octanol–water partition coefficient (Wildman–Crippen LogP) is 16.3. The van der Waals surface area contributed by atoms with Gasteiger partial charge in [0.2, 0.25) is 0 Å². The summed E-state index contributed by atoms with van der Waals surface area (Å²) >= 11 is 0. The fraction of sp³-hybridized carbons (Fsp3) is 0. The van der Waals surface area contributed by atoms with E-state index >= 15 is 0 Å². The van der Waals surface area contributed by atoms with E-state index in [1.54, 1.807) is 0 Å². The van der Waals surface area contributed by atoms with Crippen LogP contribution in [0.5, 0.6) is 0 Å². The number of hydrogen-bond donors (Lipinski definition) is 0. The second-order valence-corrected chi connectivity index (χ2v) is 15.0. The summed E-state index contributed by atoms with van der Waals surface area (Å²) < 4.78 is 0. The third-order valence-electron chi connectivity index (χ3n) is 11.3. The number of rotatable bonds is 9. The summed E-state index contributed by atoms with van der Waals surface area (Å²) in [5, 5.41) is 2.49. The molecule has 0 atom stereocenters. The van der Waals surface area contributed by atoms with Crippen LogP contribution in [0.25, 0.3) is 77.5 Å². The molecule has 10 aromatic carbocycles. The van der Waals surface area contributed by atoms with Crippen molar-refractivity contribution in [2.75, 3.05) is 4.90 Å². The molecule has 0 aromatic heterocycles. The highest BCUT2D eigenvalue weighted by Crippen LogP contribution is 2.41. The maximum Gasteiger partial charge on any atom is 0.0462 e. The van der Waals surface area contributed by atoms with Crippen LogP contribution in [0.3, 0.4) is 0 Å². The first-order chi connectivity index (χ1) is 29.2. The Bertz CT molecular complexity index is 2970. The van der Waals surface area contributed by atoms with Gasteiger partial charge in [0.05, 0.1) is 0 Å². The molecule has 0 aliphatic carbocycles. The first-order valence-corrected chi connectivity index (χ1v) is 20.2. The third kappa shape index (κ3) is 7.46. The molecule has 0 unspecified atom stereocenters. The second kappa shape index (κ2) is 16.0. The fourth-order valence-corrected chi connectivity index (χ4v) is 8.16. The smallest absolute Gasteiger partial charge is 0.0462 e. The highest BCUT2D eigenvalue weighted by atomic mass is 15.1. The van der Waals surface area contributed by atoms with Gasteiger partial charge in [-0.1, -0.05) is 200 Å². The predicted molar refractivity (Wildman–Crippen MR) is 251 cm³/mol. The van der Waals surface area contributed by atoms with Crippen LogP contribution in [0.15, 0.2) is 249 Å². The zero-order chi connectivity index (χ0) is 39.4. The molecular weight excluding hydrogens is 711 g/mol. The number of benzene rings is 10. The number of nitrogens with zero attached hydrogens (tertiary/aromatic N) is 1. The molecule has 1 nitrogen and oxygen atoms in total. The van der Waals surface area contributed by atoms with Crippen LogP contribution in [0, 0.1) is 0 Å². The largest absolute Gasteiger partial charge is 0.311 e. The van der Waals surface area contributed by atoms with E-state index in [-0.39, 0.29) is 0 Å². The van der Waals surface area contributed by atoms with Gasteiger partial charge in [0.15, 0.2) is 0 Å². The van der Waals surface area contributed by atoms with Gasteiger partial charge in [0.25, 0.3) is 0 Å². The summed E-state index contributed by atoms with van der Waals surface area (Å²) in [6.07, 6.45) is 0. The molecule has 0 saturated heterocycles. The zero-order valence-electron chi connectivity index (χ0n) is 32.6. The maximum atomic E-state index is 2.35. The van der Waals surface area contributed by atoms with Crippen LogP contribution >= 0.6 is 0 Å². The lowest BCUT2D eigenvalue weighted by Gasteiger charge is -2.26. The van der Waals surface area contributed by atoms with Crippen molar-refractivity contribution >= 4 is 27.8 Å². The van der Waals surface area contributed by atoms with Crippen molar-refractivity contribution in [3.63, 3.8) is 0 Å². The molecule has 0 heterocycles. The van der Waals surface area contributed by atoms with Crippen molar-refractivity contribution in [2.45, 2.75) is 0 Å². The highest BCUT2D eigenvalue weighted by Gasteiger charge is 2.16. The van der Waals surface area contributed by atoms with E-state index in [2.05, 4.69) is 254 Å². The lowest BCUT2D eigenvalue weighted by molar-refractivity contribution is 1.28. The second-order valence-electron chi connectivity index (χ2n) is 15.0. The first kappa shape index (κ1) is 35.7. The molecule has 10 aromatic rings. The number of anilines is 3. The Hall–Kier alpha value is -7.74. The molecule has 1 heteroatoms. The molecule has 0 spiro atoms. The van der Waals surface area contributed by atoms with Gasteiger partial charge in [-0.2, -0.15) is 0 Å². The fourth-order valence-electron chi connectivity index (χ4n) is 8.16. The van der Waals surface area contributed by atoms with Crippen molar-refractivity contribution in [1.82, 2.24) is 0 Å². The van der Waals surface area contributed by atoms with Gasteiger partial charge in [-0.3, -0.25) is 0 Å². The summed E-state index contributed by atoms with van der Waals surface area (Å²) in [5.41, 5.74) is 17.7. The van der Waals surface area contributed by atoms with E-state index in [1.807, 2.05) is 0 Å². The molecular formula is C58H41N. The van der Waals surface area contributed by atoms with E-state index < -0.39 is 0 Å². The van der Waals surface area contributed by atoms with E-state index in [0.717, 1.165) is 17.1 Å². The summed E-state index contributed by atoms with van der Waals surface area (Å²) in [4.78, 5) is 2.35. The minimum atomic E-state index is 1.09. The van der Waals surface area contributed by atoms with Crippen LogP contribution < -0.4 is 4.90 Å². The van der Waals surface area contributed by atoms with Gasteiger partial charge < -0.3 is 4.90 Å². The van der Waals surface area contributed by atoms with Gasteiger partial charge in [0, 0.05) is 17.1 Å². The lowest BCUT2D eigenvalue weighted by atomic mass is 9.90. The molecule has 0 aliphatic heterocycles. The van der Waals surface area contributed by atoms with E-state index in [1.165, 1.54) is 77.5 Å². The summed E-state index contributed by atoms with van der Waals surface area (Å²) in [6, 6.07) is 89.8. The van der Waals surface area contributed by atoms with Crippen molar-refractivity contribution in [1.29, 1.82) is 0 Å². The Morgan fingerprint density at radius 2 is 0.508 bits per heavy atom. The molecule has 0 radical (unpaired) electrons. The molecule has 0 aliphatic rings. The quantitative estimate of drug-likeness (QED) is 0.142. The van der Waals surface area contributed by atoms with Crippen LogP contribution in [-0.2, 0) is 0 Å². The summed E-state index contributed by atoms with van der Waals surface area (Å²) in [7, 11) is 0. The van der Waals surface area contributed by atoms with Gasteiger partial charge in [-0.25, -0.2) is 0 Å². The van der Waals surface area contributed by atoms with Crippen LogP contribution in [0.1, 0.15) is 0 Å². The average molecular weight is 752 g/mol. The molecule has 0 N–H and O–H groups in total. The van der Waals surface area contributed by atoms with Crippen molar-refractivity contribution in [3.8, 4) is 66.8 Å². The number of fused-ring (bicyclic) bond motifs is 1. The maximum absolute atomic E-state index is 2.35. The summed E-state index contributed by atoms with van der Waals surface area (Å²) in [5.74, 6) is 0. The Balaban J connectivity index is 1.02. The molecule has 0 bridgehead atoms. The first-order valence-electron chi connectivity index (χ1n) is 20.2. The van der Waals surface area contributed by atoms with Gasteiger partial charge in [0.1, 0.15) is 0 Å². The topological polar surface area (TPSA) is 3.24 Å². The minimum Gasteiger partial charge on any atom is -0.311 e. The Labute approximate surface area is 346 Å². The molecule has 10 rings (SSSR count). The molecule has 0 saturated carbocycles. The van der Waals surface area contributed by atoms with Gasteiger partial charge >= 0.3 is 0 Å². The average Bonchev–Trinajstić information content (AvgIpc) is 3.33. The van der Waals surface area contributed by atoms with Gasteiger partial charge in [-0.05, 0) is 126 Å². The standard InChI is InChI=1S/C58H41N/c1-4-12-42(13-5-1)45-20-22-46(23-21-45)48-28-35-55(36-29-48)59(54-33-26-47(27-34-54)43-14-6-2-7-15-43)56-37-30-50(31-38-56)58-41-53(32-39-57(58)49-17-8-3-9-18-49)52-25-24-44-16-10-11-19-51(44)40-52/h1-41H. The van der Waals surface area contributed by atoms with Crippen molar-refractivity contribution in [2.24, 2.45) is 0 Å². The van der Waals surface area contributed by atoms with Crippen molar-refractivity contribution < 1.29 is 0 Å². The molecule has 59 heavy (non-hydrogen) atoms. The summed E-state index contributed by atoms with van der Waals surface area (Å²) in [6.45, 7) is 0. The molecule has 278 valence electrons. The van der Waals surface area contributed by atoms with E-state index in [9.17, 15) is 0 Å². The Kier molecular flexibility index (Phi) is 9.68. The van der Waals surface area contributed by atoms with E-state index in [0.29, 0.717) is 0 Å². The highest BCUT2D eigenvalue weighted by molar-refractivity contribution is 5.91. The van der Waals surface area contributed by atoms with Crippen molar-refractivity contribution in [3.05, 3.63) is 249 Å². The van der Waals surface area contributed by atoms with Gasteiger partial charge in [-0.15, -0.1) is 0 Å². The molecule has 0 amide bonds. The van der Waals surface area contributed by atoms with E-state index in [4.69, 9.17) is 0 Å². The van der Waals surface area contributed by atoms with Crippen LogP contribution in [0.4, 0.5) is 17.1 Å². The Morgan fingerprint density at radius 3 is 1.00 bits per heavy atom. The zero-order valence-corrected chi connectivity index (χ0v) is 32.6. The molecule has 0 fully saturated rings. The van der Waals surface area contributed by atoms with Crippen LogP contribution in [-0.4, -0.2) is 0 Å². The SMILES string of the molecule is c1ccc(-c2ccc(-c3ccc(N(c4ccc(-c5ccccc5)cc4)c4ccc(-c5cc(-c6ccc7ccccc7c6)ccc5-c5ccccc5)cc4)cc3)cc2)cc1. The monoisotopic (exact) mass is 751 g/mol. The normalized spacial score (nSPS) is 11.1. The number of hydrogen-bond acceptors (Lipinski definition) is 1. The van der Waals surface area contributed by atoms with Crippen LogP contribution in [0.2, 0.25) is 0 Å². The Morgan fingerprint density at radius 1 is 0.186 bits per heavy atom.